The zero-order chi connectivity index (χ0) is 17.8. The van der Waals surface area contributed by atoms with E-state index < -0.39 is 0 Å². The fourth-order valence-corrected chi connectivity index (χ4v) is 2.68. The minimum atomic E-state index is -0.00678. The molecule has 1 rings (SSSR count). The monoisotopic (exact) mass is 496 g/mol. The first kappa shape index (κ1) is 24.4. The second kappa shape index (κ2) is 14.5. The number of halogens is 1. The molecule has 8 heteroatoms. The predicted octanol–water partition coefficient (Wildman–Crippen LogP) is 2.77. The van der Waals surface area contributed by atoms with Gasteiger partial charge in [-0.15, -0.1) is 35.7 Å². The van der Waals surface area contributed by atoms with Crippen LogP contribution in [0.5, 0.6) is 0 Å². The number of carbonyl (C=O) groups excluding carboxylic acids is 1. The van der Waals surface area contributed by atoms with Crippen molar-refractivity contribution in [3.8, 4) is 0 Å². The third-order valence-corrected chi connectivity index (χ3v) is 5.22. The van der Waals surface area contributed by atoms with Gasteiger partial charge < -0.3 is 15.5 Å². The van der Waals surface area contributed by atoms with Gasteiger partial charge in [-0.1, -0.05) is 25.1 Å². The quantitative estimate of drug-likeness (QED) is 0.181. The Hall–Kier alpha value is -0.610. The number of hydrogen-bond donors (Lipinski definition) is 2. The summed E-state index contributed by atoms with van der Waals surface area (Å²) in [6, 6.07) is 10.3. The molecule has 25 heavy (non-hydrogen) atoms. The number of hydrogen-bond acceptors (Lipinski definition) is 4. The number of rotatable bonds is 9. The molecule has 2 N–H and O–H groups in total. The lowest BCUT2D eigenvalue weighted by molar-refractivity contribution is -0.127. The van der Waals surface area contributed by atoms with Crippen LogP contribution in [0.1, 0.15) is 6.92 Å². The van der Waals surface area contributed by atoms with Gasteiger partial charge in [0.25, 0.3) is 0 Å². The van der Waals surface area contributed by atoms with Crippen LogP contribution in [0.2, 0.25) is 0 Å². The molecular formula is C17H29IN4OS2. The Bertz CT molecular complexity index is 515. The molecule has 0 aromatic heterocycles. The molecule has 0 aliphatic heterocycles. The molecule has 0 saturated carbocycles. The molecule has 0 bridgehead atoms. The van der Waals surface area contributed by atoms with Crippen molar-refractivity contribution in [2.75, 3.05) is 45.7 Å². The van der Waals surface area contributed by atoms with Gasteiger partial charge in [0, 0.05) is 43.1 Å². The lowest BCUT2D eigenvalue weighted by atomic mass is 10.4. The van der Waals surface area contributed by atoms with Crippen LogP contribution in [0.25, 0.3) is 0 Å². The van der Waals surface area contributed by atoms with Crippen molar-refractivity contribution in [2.24, 2.45) is 4.99 Å². The van der Waals surface area contributed by atoms with Crippen LogP contribution < -0.4 is 10.6 Å². The zero-order valence-electron chi connectivity index (χ0n) is 15.3. The van der Waals surface area contributed by atoms with Gasteiger partial charge >= 0.3 is 0 Å². The summed E-state index contributed by atoms with van der Waals surface area (Å²) >= 11 is 3.59. The second-order valence-corrected chi connectivity index (χ2v) is 7.91. The summed E-state index contributed by atoms with van der Waals surface area (Å²) in [5, 5.41) is 7.09. The average molecular weight is 496 g/mol. The maximum absolute atomic E-state index is 11.7. The second-order valence-electron chi connectivity index (χ2n) is 5.47. The first-order chi connectivity index (χ1) is 11.5. The van der Waals surface area contributed by atoms with Gasteiger partial charge in [0.1, 0.15) is 6.54 Å². The Morgan fingerprint density at radius 1 is 1.24 bits per heavy atom. The van der Waals surface area contributed by atoms with Crippen molar-refractivity contribution in [3.05, 3.63) is 30.3 Å². The number of benzene rings is 1. The largest absolute Gasteiger partial charge is 0.356 e. The van der Waals surface area contributed by atoms with Crippen molar-refractivity contribution < 1.29 is 4.79 Å². The fraction of sp³-hybridized carbons (Fsp3) is 0.529. The molecule has 5 nitrogen and oxygen atoms in total. The molecule has 1 atom stereocenters. The lowest BCUT2D eigenvalue weighted by Gasteiger charge is -2.16. The number of likely N-dealkylation sites (N-methyl/N-ethyl adjacent to an activating group) is 1. The molecule has 0 saturated heterocycles. The van der Waals surface area contributed by atoms with Crippen LogP contribution in [0.3, 0.4) is 0 Å². The predicted molar refractivity (Wildman–Crippen MR) is 123 cm³/mol. The normalized spacial score (nSPS) is 12.1. The van der Waals surface area contributed by atoms with Crippen LogP contribution >= 0.6 is 47.5 Å². The summed E-state index contributed by atoms with van der Waals surface area (Å²) in [4.78, 5) is 18.9. The Labute approximate surface area is 177 Å². The topological polar surface area (TPSA) is 56.7 Å². The van der Waals surface area contributed by atoms with Gasteiger partial charge in [0.05, 0.1) is 0 Å². The van der Waals surface area contributed by atoms with E-state index in [0.29, 0.717) is 11.2 Å². The van der Waals surface area contributed by atoms with Gasteiger partial charge in [0.2, 0.25) is 5.91 Å². The van der Waals surface area contributed by atoms with Gasteiger partial charge in [-0.05, 0) is 18.4 Å². The first-order valence-electron chi connectivity index (χ1n) is 7.96. The number of amides is 1. The van der Waals surface area contributed by atoms with E-state index >= 15 is 0 Å². The molecule has 1 aromatic carbocycles. The highest BCUT2D eigenvalue weighted by atomic mass is 127. The van der Waals surface area contributed by atoms with Crippen molar-refractivity contribution in [3.63, 3.8) is 0 Å². The van der Waals surface area contributed by atoms with Crippen molar-refractivity contribution in [1.82, 2.24) is 15.5 Å². The van der Waals surface area contributed by atoms with E-state index in [4.69, 9.17) is 0 Å². The van der Waals surface area contributed by atoms with Gasteiger partial charge in [-0.3, -0.25) is 4.79 Å². The van der Waals surface area contributed by atoms with E-state index in [1.165, 1.54) is 4.90 Å². The summed E-state index contributed by atoms with van der Waals surface area (Å²) in [5.74, 6) is 1.62. The highest BCUT2D eigenvalue weighted by molar-refractivity contribution is 14.0. The minimum absolute atomic E-state index is 0. The van der Waals surface area contributed by atoms with Crippen LogP contribution in [-0.4, -0.2) is 67.8 Å². The maximum atomic E-state index is 11.7. The third-order valence-electron chi connectivity index (χ3n) is 3.24. The highest BCUT2D eigenvalue weighted by Crippen LogP contribution is 2.15. The molecule has 0 heterocycles. The fourth-order valence-electron chi connectivity index (χ4n) is 1.64. The smallest absolute Gasteiger partial charge is 0.243 e. The van der Waals surface area contributed by atoms with E-state index in [0.717, 1.165) is 18.8 Å². The molecule has 1 aromatic rings. The highest BCUT2D eigenvalue weighted by Gasteiger charge is 2.06. The van der Waals surface area contributed by atoms with Gasteiger partial charge in [0.15, 0.2) is 5.96 Å². The number of aliphatic imine (C=N–C) groups is 1. The maximum Gasteiger partial charge on any atom is 0.243 e. The van der Waals surface area contributed by atoms with Gasteiger partial charge in [-0.25, -0.2) is 4.99 Å². The van der Waals surface area contributed by atoms with Crippen LogP contribution in [-0.2, 0) is 4.79 Å². The van der Waals surface area contributed by atoms with Crippen molar-refractivity contribution in [2.45, 2.75) is 17.1 Å². The van der Waals surface area contributed by atoms with E-state index in [9.17, 15) is 4.79 Å². The Morgan fingerprint density at radius 2 is 1.92 bits per heavy atom. The van der Waals surface area contributed by atoms with E-state index in [2.05, 4.69) is 40.9 Å². The molecule has 0 aliphatic rings. The molecule has 0 radical (unpaired) electrons. The molecule has 0 spiro atoms. The molecular weight excluding hydrogens is 467 g/mol. The molecule has 0 fully saturated rings. The third kappa shape index (κ3) is 11.6. The summed E-state index contributed by atoms with van der Waals surface area (Å²) in [5.41, 5.74) is 0. The van der Waals surface area contributed by atoms with E-state index in [1.54, 1.807) is 42.5 Å². The van der Waals surface area contributed by atoms with E-state index in [-0.39, 0.29) is 36.4 Å². The molecule has 0 aliphatic carbocycles. The average Bonchev–Trinajstić information content (AvgIpc) is 2.60. The number of nitrogens with one attached hydrogen (secondary N) is 2. The standard InChI is InChI=1S/C17H28N4OS2.HI/c1-14(23-4)12-19-17(20-13-16(22)21(2)3)18-10-11-24-15-8-6-5-7-9-15;/h5-9,14H,10-13H2,1-4H3,(H2,18,19,20);1H. The number of guanidine groups is 1. The minimum Gasteiger partial charge on any atom is -0.356 e. The first-order valence-corrected chi connectivity index (χ1v) is 10.2. The zero-order valence-corrected chi connectivity index (χ0v) is 19.3. The Morgan fingerprint density at radius 3 is 2.52 bits per heavy atom. The Kier molecular flexibility index (Phi) is 14.2. The number of thioether (sulfide) groups is 2. The summed E-state index contributed by atoms with van der Waals surface area (Å²) < 4.78 is 0. The van der Waals surface area contributed by atoms with Crippen LogP contribution in [0.4, 0.5) is 0 Å². The van der Waals surface area contributed by atoms with Crippen molar-refractivity contribution in [1.29, 1.82) is 0 Å². The van der Waals surface area contributed by atoms with Crippen molar-refractivity contribution >= 4 is 59.4 Å². The molecule has 1 unspecified atom stereocenters. The Balaban J connectivity index is 0.00000576. The summed E-state index contributed by atoms with van der Waals surface area (Å²) in [7, 11) is 3.48. The lowest BCUT2D eigenvalue weighted by Crippen LogP contribution is -2.41. The summed E-state index contributed by atoms with van der Waals surface area (Å²) in [6.07, 6.45) is 2.09. The molecule has 1 amide bonds. The molecule has 142 valence electrons. The van der Waals surface area contributed by atoms with Crippen LogP contribution in [0, 0.1) is 0 Å². The van der Waals surface area contributed by atoms with Gasteiger partial charge in [-0.2, -0.15) is 11.8 Å². The number of carbonyl (C=O) groups is 1. The summed E-state index contributed by atoms with van der Waals surface area (Å²) in [6.45, 7) is 3.91. The van der Waals surface area contributed by atoms with Crippen LogP contribution in [0.15, 0.2) is 40.2 Å². The SMILES string of the molecule is CSC(C)CNC(=NCC(=O)N(C)C)NCCSc1ccccc1.I. The number of nitrogens with zero attached hydrogens (tertiary/aromatic N) is 2. The van der Waals surface area contributed by atoms with E-state index in [1.807, 2.05) is 18.2 Å².